The molecule has 1 aromatic carbocycles. The largest absolute Gasteiger partial charge is 0.330 e. The van der Waals surface area contributed by atoms with E-state index in [4.69, 9.17) is 5.73 Å². The van der Waals surface area contributed by atoms with Crippen molar-refractivity contribution in [1.29, 1.82) is 0 Å². The first kappa shape index (κ1) is 17.7. The lowest BCUT2D eigenvalue weighted by Crippen LogP contribution is -2.12. The van der Waals surface area contributed by atoms with Crippen molar-refractivity contribution in [3.63, 3.8) is 0 Å². The van der Waals surface area contributed by atoms with Crippen LogP contribution < -0.4 is 5.73 Å². The minimum Gasteiger partial charge on any atom is -0.330 e. The first-order valence-corrected chi connectivity index (χ1v) is 7.35. The molecule has 0 spiro atoms. The van der Waals surface area contributed by atoms with Crippen molar-refractivity contribution >= 4 is 12.4 Å². The number of hydrogen-bond acceptors (Lipinski definition) is 3. The smallest absolute Gasteiger partial charge is 0.151 e. The first-order chi connectivity index (χ1) is 9.69. The van der Waals surface area contributed by atoms with Gasteiger partial charge in [0.05, 0.1) is 0 Å². The standard InChI is InChI=1S/C16H24N4.ClH/c1-13(2)12-15-18-16(8-10-17)20(19-15)11-9-14-6-4-3-5-7-14;/h3-7,13H,8-12,17H2,1-2H3;1H. The highest BCUT2D eigenvalue weighted by Gasteiger charge is 2.10. The molecule has 0 fully saturated rings. The third-order valence-corrected chi connectivity index (χ3v) is 3.21. The Balaban J connectivity index is 0.00000220. The highest BCUT2D eigenvalue weighted by molar-refractivity contribution is 5.85. The number of nitrogens with two attached hydrogens (primary N) is 1. The highest BCUT2D eigenvalue weighted by Crippen LogP contribution is 2.08. The van der Waals surface area contributed by atoms with Gasteiger partial charge in [0.25, 0.3) is 0 Å². The van der Waals surface area contributed by atoms with Gasteiger partial charge in [-0.25, -0.2) is 9.67 Å². The average Bonchev–Trinajstić information content (AvgIpc) is 2.79. The Labute approximate surface area is 133 Å². The van der Waals surface area contributed by atoms with Crippen LogP contribution in [0.5, 0.6) is 0 Å². The molecule has 0 saturated carbocycles. The van der Waals surface area contributed by atoms with Gasteiger partial charge in [-0.1, -0.05) is 44.2 Å². The third-order valence-electron chi connectivity index (χ3n) is 3.21. The van der Waals surface area contributed by atoms with Gasteiger partial charge in [-0.05, 0) is 24.4 Å². The maximum Gasteiger partial charge on any atom is 0.151 e. The monoisotopic (exact) mass is 308 g/mol. The number of aryl methyl sites for hydroxylation is 2. The van der Waals surface area contributed by atoms with E-state index in [0.717, 1.165) is 37.5 Å². The van der Waals surface area contributed by atoms with Crippen LogP contribution in [0.1, 0.15) is 31.1 Å². The summed E-state index contributed by atoms with van der Waals surface area (Å²) in [4.78, 5) is 4.62. The maximum absolute atomic E-state index is 5.67. The van der Waals surface area contributed by atoms with E-state index < -0.39 is 0 Å². The zero-order chi connectivity index (χ0) is 14.4. The highest BCUT2D eigenvalue weighted by atomic mass is 35.5. The predicted molar refractivity (Wildman–Crippen MR) is 88.7 cm³/mol. The first-order valence-electron chi connectivity index (χ1n) is 7.35. The molecule has 0 atom stereocenters. The Morgan fingerprint density at radius 2 is 1.86 bits per heavy atom. The minimum absolute atomic E-state index is 0. The molecule has 21 heavy (non-hydrogen) atoms. The van der Waals surface area contributed by atoms with Crippen LogP contribution in [-0.2, 0) is 25.8 Å². The van der Waals surface area contributed by atoms with Gasteiger partial charge < -0.3 is 5.73 Å². The fourth-order valence-corrected chi connectivity index (χ4v) is 2.25. The van der Waals surface area contributed by atoms with Crippen LogP contribution in [-0.4, -0.2) is 21.3 Å². The topological polar surface area (TPSA) is 56.7 Å². The number of benzene rings is 1. The van der Waals surface area contributed by atoms with Gasteiger partial charge >= 0.3 is 0 Å². The van der Waals surface area contributed by atoms with Gasteiger partial charge in [0.1, 0.15) is 5.82 Å². The molecule has 2 aromatic rings. The van der Waals surface area contributed by atoms with Gasteiger partial charge in [0, 0.05) is 19.4 Å². The summed E-state index contributed by atoms with van der Waals surface area (Å²) >= 11 is 0. The van der Waals surface area contributed by atoms with Crippen LogP contribution in [0.3, 0.4) is 0 Å². The van der Waals surface area contributed by atoms with Crippen LogP contribution >= 0.6 is 12.4 Å². The molecule has 0 aliphatic heterocycles. The Morgan fingerprint density at radius 3 is 2.48 bits per heavy atom. The zero-order valence-electron chi connectivity index (χ0n) is 12.8. The molecular formula is C16H25ClN4. The van der Waals surface area contributed by atoms with E-state index in [1.54, 1.807) is 0 Å². The molecular weight excluding hydrogens is 284 g/mol. The molecule has 0 radical (unpaired) electrons. The average molecular weight is 309 g/mol. The molecule has 0 bridgehead atoms. The SMILES string of the molecule is CC(C)Cc1nc(CCN)n(CCc2ccccc2)n1.Cl. The third kappa shape index (κ3) is 5.48. The Kier molecular flexibility index (Phi) is 7.40. The molecule has 0 aliphatic carbocycles. The molecule has 2 rings (SSSR count). The van der Waals surface area contributed by atoms with E-state index >= 15 is 0 Å². The van der Waals surface area contributed by atoms with E-state index in [1.807, 2.05) is 10.7 Å². The molecule has 4 nitrogen and oxygen atoms in total. The fourth-order valence-electron chi connectivity index (χ4n) is 2.25. The Bertz CT molecular complexity index is 522. The van der Waals surface area contributed by atoms with Crippen LogP contribution in [0.2, 0.25) is 0 Å². The number of nitrogens with zero attached hydrogens (tertiary/aromatic N) is 3. The number of halogens is 1. The van der Waals surface area contributed by atoms with E-state index in [9.17, 15) is 0 Å². The van der Waals surface area contributed by atoms with Gasteiger partial charge in [0.15, 0.2) is 5.82 Å². The molecule has 0 saturated heterocycles. The van der Waals surface area contributed by atoms with E-state index in [0.29, 0.717) is 12.5 Å². The van der Waals surface area contributed by atoms with Gasteiger partial charge in [0.2, 0.25) is 0 Å². The second-order valence-corrected chi connectivity index (χ2v) is 5.54. The minimum atomic E-state index is 0. The normalized spacial score (nSPS) is 10.7. The van der Waals surface area contributed by atoms with Crippen molar-refractivity contribution in [2.45, 2.75) is 39.7 Å². The Morgan fingerprint density at radius 1 is 1.14 bits per heavy atom. The van der Waals surface area contributed by atoms with Gasteiger partial charge in [-0.15, -0.1) is 12.4 Å². The summed E-state index contributed by atoms with van der Waals surface area (Å²) in [5, 5.41) is 4.63. The van der Waals surface area contributed by atoms with Crippen molar-refractivity contribution in [1.82, 2.24) is 14.8 Å². The molecule has 0 unspecified atom stereocenters. The predicted octanol–water partition coefficient (Wildman–Crippen LogP) is 2.64. The number of rotatable bonds is 7. The van der Waals surface area contributed by atoms with Gasteiger partial charge in [-0.2, -0.15) is 5.10 Å². The summed E-state index contributed by atoms with van der Waals surface area (Å²) in [7, 11) is 0. The van der Waals surface area contributed by atoms with Crippen LogP contribution in [0.25, 0.3) is 0 Å². The molecule has 116 valence electrons. The van der Waals surface area contributed by atoms with Crippen molar-refractivity contribution in [3.05, 3.63) is 47.5 Å². The van der Waals surface area contributed by atoms with Gasteiger partial charge in [-0.3, -0.25) is 0 Å². The van der Waals surface area contributed by atoms with E-state index in [-0.39, 0.29) is 12.4 Å². The second kappa shape index (κ2) is 8.80. The fraction of sp³-hybridized carbons (Fsp3) is 0.500. The summed E-state index contributed by atoms with van der Waals surface area (Å²) < 4.78 is 2.03. The Hall–Kier alpha value is -1.39. The maximum atomic E-state index is 5.67. The number of aromatic nitrogens is 3. The van der Waals surface area contributed by atoms with Crippen LogP contribution in [0.15, 0.2) is 30.3 Å². The molecule has 1 aromatic heterocycles. The lowest BCUT2D eigenvalue weighted by Gasteiger charge is -2.05. The molecule has 5 heteroatoms. The molecule has 0 amide bonds. The van der Waals surface area contributed by atoms with Crippen molar-refractivity contribution in [2.75, 3.05) is 6.54 Å². The van der Waals surface area contributed by atoms with Crippen molar-refractivity contribution < 1.29 is 0 Å². The van der Waals surface area contributed by atoms with Crippen LogP contribution in [0, 0.1) is 5.92 Å². The second-order valence-electron chi connectivity index (χ2n) is 5.54. The summed E-state index contributed by atoms with van der Waals surface area (Å²) in [5.41, 5.74) is 6.99. The lowest BCUT2D eigenvalue weighted by atomic mass is 10.1. The molecule has 2 N–H and O–H groups in total. The molecule has 0 aliphatic rings. The molecule has 1 heterocycles. The summed E-state index contributed by atoms with van der Waals surface area (Å²) in [5.74, 6) is 2.53. The van der Waals surface area contributed by atoms with E-state index in [2.05, 4.69) is 48.2 Å². The van der Waals surface area contributed by atoms with Crippen LogP contribution in [0.4, 0.5) is 0 Å². The lowest BCUT2D eigenvalue weighted by molar-refractivity contribution is 0.562. The summed E-state index contributed by atoms with van der Waals surface area (Å²) in [6, 6.07) is 10.5. The summed E-state index contributed by atoms with van der Waals surface area (Å²) in [6.07, 6.45) is 2.69. The van der Waals surface area contributed by atoms with Crippen molar-refractivity contribution in [3.8, 4) is 0 Å². The van der Waals surface area contributed by atoms with Crippen molar-refractivity contribution in [2.24, 2.45) is 11.7 Å². The zero-order valence-corrected chi connectivity index (χ0v) is 13.6. The van der Waals surface area contributed by atoms with E-state index in [1.165, 1.54) is 5.56 Å². The number of hydrogen-bond donors (Lipinski definition) is 1. The quantitative estimate of drug-likeness (QED) is 0.855. The summed E-state index contributed by atoms with van der Waals surface area (Å²) in [6.45, 7) is 5.86.